The summed E-state index contributed by atoms with van der Waals surface area (Å²) >= 11 is 1.75. The number of nitrogens with one attached hydrogen (secondary N) is 2. The summed E-state index contributed by atoms with van der Waals surface area (Å²) < 4.78 is 0. The van der Waals surface area contributed by atoms with Gasteiger partial charge in [-0.25, -0.2) is 4.98 Å². The number of hydrogen-bond donors (Lipinski definition) is 2. The van der Waals surface area contributed by atoms with Gasteiger partial charge in [0.1, 0.15) is 17.6 Å². The second-order valence-corrected chi connectivity index (χ2v) is 5.32. The maximum absolute atomic E-state index is 12.1. The summed E-state index contributed by atoms with van der Waals surface area (Å²) in [5.74, 6) is 1.05. The standard InChI is InChI=1S/C13H20N4O3S/c1-3-14-12-8-10(11(9-16-12)17(19)20)13(18)15-6-4-5-7-21-2/h8-9H,3-7H2,1-2H3,(H,14,16)(H,15,18). The van der Waals surface area contributed by atoms with Gasteiger partial charge in [-0.2, -0.15) is 11.8 Å². The van der Waals surface area contributed by atoms with Crippen LogP contribution in [-0.4, -0.2) is 40.9 Å². The molecule has 1 rings (SSSR count). The number of hydrogen-bond acceptors (Lipinski definition) is 6. The molecule has 8 heteroatoms. The summed E-state index contributed by atoms with van der Waals surface area (Å²) in [7, 11) is 0. The Bertz CT molecular complexity index is 496. The molecule has 0 aliphatic rings. The molecule has 0 aliphatic carbocycles. The normalized spacial score (nSPS) is 10.2. The molecule has 21 heavy (non-hydrogen) atoms. The fraction of sp³-hybridized carbons (Fsp3) is 0.538. The molecule has 0 aliphatic heterocycles. The van der Waals surface area contributed by atoms with Crippen molar-refractivity contribution >= 4 is 29.2 Å². The highest BCUT2D eigenvalue weighted by molar-refractivity contribution is 7.98. The van der Waals surface area contributed by atoms with Gasteiger partial charge in [0.05, 0.1) is 4.92 Å². The molecule has 1 heterocycles. The maximum Gasteiger partial charge on any atom is 0.300 e. The van der Waals surface area contributed by atoms with Crippen LogP contribution in [0.15, 0.2) is 12.3 Å². The van der Waals surface area contributed by atoms with Gasteiger partial charge in [0.25, 0.3) is 11.6 Å². The number of amides is 1. The molecule has 0 atom stereocenters. The molecule has 1 aromatic rings. The summed E-state index contributed by atoms with van der Waals surface area (Å²) in [5, 5.41) is 16.6. The van der Waals surface area contributed by atoms with Gasteiger partial charge in [0, 0.05) is 19.2 Å². The molecule has 2 N–H and O–H groups in total. The molecule has 1 aromatic heterocycles. The van der Waals surface area contributed by atoms with E-state index in [1.165, 1.54) is 6.07 Å². The van der Waals surface area contributed by atoms with Crippen LogP contribution in [0, 0.1) is 10.1 Å². The third-order valence-corrected chi connectivity index (χ3v) is 3.44. The molecule has 7 nitrogen and oxygen atoms in total. The van der Waals surface area contributed by atoms with Gasteiger partial charge in [-0.1, -0.05) is 0 Å². The molecular formula is C13H20N4O3S. The SMILES string of the molecule is CCNc1cc(C(=O)NCCCCSC)c([N+](=O)[O-])cn1. The number of rotatable bonds is 9. The molecule has 0 unspecified atom stereocenters. The van der Waals surface area contributed by atoms with Crippen molar-refractivity contribution in [3.05, 3.63) is 27.9 Å². The number of carbonyl (C=O) groups is 1. The smallest absolute Gasteiger partial charge is 0.300 e. The number of carbonyl (C=O) groups excluding carboxylic acids is 1. The van der Waals surface area contributed by atoms with Crippen molar-refractivity contribution < 1.29 is 9.72 Å². The predicted octanol–water partition coefficient (Wildman–Crippen LogP) is 2.29. The number of nitrogens with zero attached hydrogens (tertiary/aromatic N) is 2. The van der Waals surface area contributed by atoms with E-state index in [9.17, 15) is 14.9 Å². The van der Waals surface area contributed by atoms with E-state index in [-0.39, 0.29) is 11.3 Å². The zero-order chi connectivity index (χ0) is 15.7. The number of aromatic nitrogens is 1. The summed E-state index contributed by atoms with van der Waals surface area (Å²) in [6.45, 7) is 3.02. The Kier molecular flexibility index (Phi) is 7.52. The Morgan fingerprint density at radius 2 is 2.24 bits per heavy atom. The van der Waals surface area contributed by atoms with Crippen LogP contribution in [0.3, 0.4) is 0 Å². The van der Waals surface area contributed by atoms with Gasteiger partial charge in [0.15, 0.2) is 0 Å². The molecule has 0 saturated heterocycles. The van der Waals surface area contributed by atoms with Gasteiger partial charge < -0.3 is 10.6 Å². The van der Waals surface area contributed by atoms with Gasteiger partial charge in [0.2, 0.25) is 0 Å². The lowest BCUT2D eigenvalue weighted by atomic mass is 10.2. The van der Waals surface area contributed by atoms with Crippen LogP contribution in [0.5, 0.6) is 0 Å². The first kappa shape index (κ1) is 17.2. The van der Waals surface area contributed by atoms with Crippen molar-refractivity contribution in [1.29, 1.82) is 0 Å². The molecular weight excluding hydrogens is 292 g/mol. The van der Waals surface area contributed by atoms with Crippen molar-refractivity contribution in [3.8, 4) is 0 Å². The highest BCUT2D eigenvalue weighted by Gasteiger charge is 2.21. The van der Waals surface area contributed by atoms with Crippen LogP contribution in [0.4, 0.5) is 11.5 Å². The second-order valence-electron chi connectivity index (χ2n) is 4.33. The molecule has 1 amide bonds. The Labute approximate surface area is 128 Å². The van der Waals surface area contributed by atoms with Crippen molar-refractivity contribution in [3.63, 3.8) is 0 Å². The molecule has 0 bridgehead atoms. The van der Waals surface area contributed by atoms with Crippen LogP contribution in [-0.2, 0) is 0 Å². The summed E-state index contributed by atoms with van der Waals surface area (Å²) in [5.41, 5.74) is -0.242. The minimum Gasteiger partial charge on any atom is -0.370 e. The predicted molar refractivity (Wildman–Crippen MR) is 85.0 cm³/mol. The monoisotopic (exact) mass is 312 g/mol. The first-order chi connectivity index (χ1) is 10.1. The number of nitro groups is 1. The number of unbranched alkanes of at least 4 members (excludes halogenated alkanes) is 1. The average Bonchev–Trinajstić information content (AvgIpc) is 2.47. The first-order valence-electron chi connectivity index (χ1n) is 6.75. The van der Waals surface area contributed by atoms with Crippen molar-refractivity contribution in [2.75, 3.05) is 30.4 Å². The van der Waals surface area contributed by atoms with E-state index in [0.29, 0.717) is 18.9 Å². The third kappa shape index (κ3) is 5.58. The summed E-state index contributed by atoms with van der Waals surface area (Å²) in [4.78, 5) is 26.4. The van der Waals surface area contributed by atoms with Crippen LogP contribution in [0.25, 0.3) is 0 Å². The fourth-order valence-electron chi connectivity index (χ4n) is 1.72. The van der Waals surface area contributed by atoms with E-state index in [4.69, 9.17) is 0 Å². The Morgan fingerprint density at radius 1 is 1.48 bits per heavy atom. The van der Waals surface area contributed by atoms with Crippen molar-refractivity contribution in [2.45, 2.75) is 19.8 Å². The number of anilines is 1. The average molecular weight is 312 g/mol. The van der Waals surface area contributed by atoms with Crippen LogP contribution in [0.1, 0.15) is 30.1 Å². The van der Waals surface area contributed by atoms with Crippen molar-refractivity contribution in [2.24, 2.45) is 0 Å². The van der Waals surface area contributed by atoms with Crippen LogP contribution >= 0.6 is 11.8 Å². The third-order valence-electron chi connectivity index (χ3n) is 2.74. The van der Waals surface area contributed by atoms with E-state index in [0.717, 1.165) is 24.8 Å². The largest absolute Gasteiger partial charge is 0.370 e. The number of pyridine rings is 1. The summed E-state index contributed by atoms with van der Waals surface area (Å²) in [6, 6.07) is 1.42. The highest BCUT2D eigenvalue weighted by atomic mass is 32.2. The van der Waals surface area contributed by atoms with Gasteiger partial charge in [-0.15, -0.1) is 0 Å². The molecule has 116 valence electrons. The second kappa shape index (κ2) is 9.17. The molecule has 0 spiro atoms. The van der Waals surface area contributed by atoms with E-state index in [1.807, 2.05) is 13.2 Å². The molecule has 0 aromatic carbocycles. The maximum atomic E-state index is 12.1. The van der Waals surface area contributed by atoms with E-state index in [1.54, 1.807) is 11.8 Å². The Balaban J connectivity index is 2.75. The lowest BCUT2D eigenvalue weighted by Gasteiger charge is -2.08. The Morgan fingerprint density at radius 3 is 2.86 bits per heavy atom. The molecule has 0 fully saturated rings. The fourth-order valence-corrected chi connectivity index (χ4v) is 2.21. The van der Waals surface area contributed by atoms with Crippen LogP contribution in [0.2, 0.25) is 0 Å². The minimum atomic E-state index is -0.592. The van der Waals surface area contributed by atoms with Crippen LogP contribution < -0.4 is 10.6 Å². The van der Waals surface area contributed by atoms with Gasteiger partial charge >= 0.3 is 0 Å². The lowest BCUT2D eigenvalue weighted by Crippen LogP contribution is -2.25. The number of thioether (sulfide) groups is 1. The minimum absolute atomic E-state index is 0.0378. The zero-order valence-electron chi connectivity index (χ0n) is 12.2. The van der Waals surface area contributed by atoms with E-state index >= 15 is 0 Å². The zero-order valence-corrected chi connectivity index (χ0v) is 13.0. The quantitative estimate of drug-likeness (QED) is 0.412. The first-order valence-corrected chi connectivity index (χ1v) is 8.15. The molecule has 0 radical (unpaired) electrons. The van der Waals surface area contributed by atoms with Gasteiger partial charge in [-0.05, 0) is 31.8 Å². The van der Waals surface area contributed by atoms with Gasteiger partial charge in [-0.3, -0.25) is 14.9 Å². The highest BCUT2D eigenvalue weighted by Crippen LogP contribution is 2.20. The molecule has 0 saturated carbocycles. The van der Waals surface area contributed by atoms with E-state index in [2.05, 4.69) is 15.6 Å². The Hall–Kier alpha value is -1.83. The van der Waals surface area contributed by atoms with Crippen molar-refractivity contribution in [1.82, 2.24) is 10.3 Å². The van der Waals surface area contributed by atoms with E-state index < -0.39 is 10.8 Å². The lowest BCUT2D eigenvalue weighted by molar-refractivity contribution is -0.385. The summed E-state index contributed by atoms with van der Waals surface area (Å²) in [6.07, 6.45) is 5.00. The topological polar surface area (TPSA) is 97.2 Å².